The molecule has 0 aliphatic carbocycles. The summed E-state index contributed by atoms with van der Waals surface area (Å²) in [6.45, 7) is 7.27. The lowest BCUT2D eigenvalue weighted by molar-refractivity contribution is 0.171. The zero-order valence-electron chi connectivity index (χ0n) is 11.1. The molecule has 114 valence electrons. The summed E-state index contributed by atoms with van der Waals surface area (Å²) in [4.78, 5) is 2.22. The number of nitrogens with one attached hydrogen (secondary N) is 1. The summed E-state index contributed by atoms with van der Waals surface area (Å²) in [5, 5.41) is 3.27. The van der Waals surface area contributed by atoms with Gasteiger partial charge in [0.1, 0.15) is 11.6 Å². The van der Waals surface area contributed by atoms with Gasteiger partial charge in [-0.2, -0.15) is 0 Å². The summed E-state index contributed by atoms with van der Waals surface area (Å²) in [5.74, 6) is -1.01. The normalized spacial score (nSPS) is 16.7. The Hall–Kier alpha value is -0.680. The lowest BCUT2D eigenvalue weighted by Gasteiger charge is -2.34. The third-order valence-electron chi connectivity index (χ3n) is 3.30. The van der Waals surface area contributed by atoms with E-state index in [0.717, 1.165) is 32.2 Å². The fourth-order valence-corrected chi connectivity index (χ4v) is 2.40. The molecule has 1 aliphatic heterocycles. The van der Waals surface area contributed by atoms with Gasteiger partial charge in [0.2, 0.25) is 0 Å². The Morgan fingerprint density at radius 3 is 2.45 bits per heavy atom. The fourth-order valence-electron chi connectivity index (χ4n) is 2.40. The number of hydrogen-bond acceptors (Lipinski definition) is 2. The van der Waals surface area contributed by atoms with Gasteiger partial charge in [-0.15, -0.1) is 31.4 Å². The van der Waals surface area contributed by atoms with Crippen LogP contribution in [0.25, 0.3) is 0 Å². The van der Waals surface area contributed by atoms with Crippen LogP contribution < -0.4 is 5.32 Å². The molecule has 1 fully saturated rings. The van der Waals surface area contributed by atoms with Crippen molar-refractivity contribution >= 4 is 24.8 Å². The van der Waals surface area contributed by atoms with Gasteiger partial charge in [0.05, 0.1) is 0 Å². The molecule has 0 amide bonds. The molecular weight excluding hydrogens is 305 g/mol. The van der Waals surface area contributed by atoms with Crippen molar-refractivity contribution in [2.75, 3.05) is 26.2 Å². The highest BCUT2D eigenvalue weighted by atomic mass is 35.5. The van der Waals surface area contributed by atoms with Gasteiger partial charge in [-0.05, 0) is 12.5 Å². The zero-order valence-corrected chi connectivity index (χ0v) is 12.8. The number of halogens is 4. The number of benzene rings is 1. The molecule has 2 rings (SSSR count). The van der Waals surface area contributed by atoms with Gasteiger partial charge >= 0.3 is 0 Å². The maximum Gasteiger partial charge on any atom is 0.130 e. The largest absolute Gasteiger partial charge is 0.314 e. The standard InChI is InChI=1S/C14H18F2N2.2ClH/c1-2-3-14(18-8-6-17-7-9-18)12-5-4-11(15)10-13(12)16;;/h2,4-5,10,14,17H,1,3,6-9H2;2*1H/t14-;;/m0../s1. The second-order valence-electron chi connectivity index (χ2n) is 4.49. The predicted molar refractivity (Wildman–Crippen MR) is 82.9 cm³/mol. The average Bonchev–Trinajstić information content (AvgIpc) is 2.38. The predicted octanol–water partition coefficient (Wildman–Crippen LogP) is 3.33. The molecular formula is C14H20Cl2F2N2. The van der Waals surface area contributed by atoms with E-state index in [1.165, 1.54) is 6.07 Å². The Balaban J connectivity index is 0.00000180. The molecule has 2 nitrogen and oxygen atoms in total. The Morgan fingerprint density at radius 1 is 1.25 bits per heavy atom. The van der Waals surface area contributed by atoms with Gasteiger partial charge < -0.3 is 5.32 Å². The summed E-state index contributed by atoms with van der Waals surface area (Å²) >= 11 is 0. The van der Waals surface area contributed by atoms with E-state index in [1.54, 1.807) is 12.1 Å². The van der Waals surface area contributed by atoms with E-state index in [0.29, 0.717) is 12.0 Å². The van der Waals surface area contributed by atoms with Gasteiger partial charge in [0.25, 0.3) is 0 Å². The topological polar surface area (TPSA) is 15.3 Å². The number of piperazine rings is 1. The molecule has 1 aromatic carbocycles. The van der Waals surface area contributed by atoms with Crippen molar-refractivity contribution in [1.82, 2.24) is 10.2 Å². The Bertz CT molecular complexity index is 424. The van der Waals surface area contributed by atoms with E-state index in [4.69, 9.17) is 0 Å². The first-order chi connectivity index (χ1) is 8.72. The van der Waals surface area contributed by atoms with Crippen molar-refractivity contribution in [3.8, 4) is 0 Å². The first-order valence-electron chi connectivity index (χ1n) is 6.23. The highest BCUT2D eigenvalue weighted by Gasteiger charge is 2.23. The summed E-state index contributed by atoms with van der Waals surface area (Å²) < 4.78 is 26.8. The lowest BCUT2D eigenvalue weighted by atomic mass is 10.0. The second-order valence-corrected chi connectivity index (χ2v) is 4.49. The molecule has 1 atom stereocenters. The highest BCUT2D eigenvalue weighted by molar-refractivity contribution is 5.85. The smallest absolute Gasteiger partial charge is 0.130 e. The van der Waals surface area contributed by atoms with Crippen molar-refractivity contribution < 1.29 is 8.78 Å². The third-order valence-corrected chi connectivity index (χ3v) is 3.30. The molecule has 0 saturated carbocycles. The van der Waals surface area contributed by atoms with Crippen molar-refractivity contribution in [1.29, 1.82) is 0 Å². The van der Waals surface area contributed by atoms with E-state index in [1.807, 2.05) is 0 Å². The Kier molecular flexibility index (Phi) is 8.98. The lowest BCUT2D eigenvalue weighted by Crippen LogP contribution is -2.45. The van der Waals surface area contributed by atoms with Crippen molar-refractivity contribution in [2.45, 2.75) is 12.5 Å². The van der Waals surface area contributed by atoms with E-state index >= 15 is 0 Å². The van der Waals surface area contributed by atoms with Crippen LogP contribution in [-0.2, 0) is 0 Å². The molecule has 0 radical (unpaired) electrons. The van der Waals surface area contributed by atoms with E-state index in [2.05, 4.69) is 16.8 Å². The fraction of sp³-hybridized carbons (Fsp3) is 0.429. The van der Waals surface area contributed by atoms with Gasteiger partial charge in [-0.25, -0.2) is 8.78 Å². The molecule has 0 spiro atoms. The van der Waals surface area contributed by atoms with Gasteiger partial charge in [-0.1, -0.05) is 12.1 Å². The monoisotopic (exact) mass is 324 g/mol. The van der Waals surface area contributed by atoms with E-state index < -0.39 is 11.6 Å². The van der Waals surface area contributed by atoms with Gasteiger partial charge in [0, 0.05) is 43.9 Å². The van der Waals surface area contributed by atoms with Crippen molar-refractivity contribution in [3.63, 3.8) is 0 Å². The van der Waals surface area contributed by atoms with Crippen LogP contribution in [0, 0.1) is 11.6 Å². The molecule has 0 unspecified atom stereocenters. The zero-order chi connectivity index (χ0) is 13.0. The van der Waals surface area contributed by atoms with E-state index in [-0.39, 0.29) is 30.9 Å². The minimum Gasteiger partial charge on any atom is -0.314 e. The molecule has 0 aromatic heterocycles. The number of hydrogen-bond donors (Lipinski definition) is 1. The molecule has 20 heavy (non-hydrogen) atoms. The summed E-state index contributed by atoms with van der Waals surface area (Å²) in [5.41, 5.74) is 0.554. The first-order valence-corrected chi connectivity index (χ1v) is 6.23. The Morgan fingerprint density at radius 2 is 1.90 bits per heavy atom. The highest BCUT2D eigenvalue weighted by Crippen LogP contribution is 2.27. The molecule has 1 aliphatic rings. The van der Waals surface area contributed by atoms with Crippen molar-refractivity contribution in [2.24, 2.45) is 0 Å². The number of nitrogens with zero attached hydrogens (tertiary/aromatic N) is 1. The van der Waals surface area contributed by atoms with Crippen LogP contribution in [-0.4, -0.2) is 31.1 Å². The Labute approximate surface area is 131 Å². The van der Waals surface area contributed by atoms with Crippen LogP contribution >= 0.6 is 24.8 Å². The number of rotatable bonds is 4. The van der Waals surface area contributed by atoms with Crippen LogP contribution in [0.5, 0.6) is 0 Å². The molecule has 1 aromatic rings. The van der Waals surface area contributed by atoms with Crippen LogP contribution in [0.1, 0.15) is 18.0 Å². The van der Waals surface area contributed by atoms with Crippen LogP contribution in [0.3, 0.4) is 0 Å². The van der Waals surface area contributed by atoms with Crippen LogP contribution in [0.2, 0.25) is 0 Å². The third kappa shape index (κ3) is 4.70. The summed E-state index contributed by atoms with van der Waals surface area (Å²) in [7, 11) is 0. The summed E-state index contributed by atoms with van der Waals surface area (Å²) in [6, 6.07) is 3.76. The SMILES string of the molecule is C=CC[C@@H](c1ccc(F)cc1F)N1CCNCC1.Cl.Cl. The summed E-state index contributed by atoms with van der Waals surface area (Å²) in [6.07, 6.45) is 2.46. The quantitative estimate of drug-likeness (QED) is 0.854. The maximum absolute atomic E-state index is 13.9. The molecule has 0 bridgehead atoms. The minimum absolute atomic E-state index is 0. The maximum atomic E-state index is 13.9. The van der Waals surface area contributed by atoms with E-state index in [9.17, 15) is 8.78 Å². The molecule has 6 heteroatoms. The van der Waals surface area contributed by atoms with Gasteiger partial charge in [0.15, 0.2) is 0 Å². The average molecular weight is 325 g/mol. The van der Waals surface area contributed by atoms with Crippen LogP contribution in [0.15, 0.2) is 30.9 Å². The first kappa shape index (κ1) is 19.3. The van der Waals surface area contributed by atoms with Crippen molar-refractivity contribution in [3.05, 3.63) is 48.1 Å². The molecule has 1 saturated heterocycles. The molecule has 1 N–H and O–H groups in total. The van der Waals surface area contributed by atoms with Crippen LogP contribution in [0.4, 0.5) is 8.78 Å². The minimum atomic E-state index is -0.533. The second kappa shape index (κ2) is 9.29. The van der Waals surface area contributed by atoms with Gasteiger partial charge in [-0.3, -0.25) is 4.90 Å². The molecule has 1 heterocycles.